The van der Waals surface area contributed by atoms with Gasteiger partial charge in [0.05, 0.1) is 5.57 Å². The van der Waals surface area contributed by atoms with Crippen LogP contribution in [-0.2, 0) is 16.2 Å². The molecule has 0 amide bonds. The van der Waals surface area contributed by atoms with Crippen molar-refractivity contribution in [3.05, 3.63) is 77.5 Å². The molecular weight excluding hydrogens is 420 g/mol. The predicted molar refractivity (Wildman–Crippen MR) is 141 cm³/mol. The number of nitrogens with zero attached hydrogens (tertiary/aromatic N) is 2. The molecule has 2 aromatic carbocycles. The van der Waals surface area contributed by atoms with Crippen molar-refractivity contribution < 1.29 is 9.63 Å². The van der Waals surface area contributed by atoms with E-state index in [1.807, 2.05) is 42.5 Å². The molecule has 1 aliphatic heterocycles. The number of fused-ring (bicyclic) bond motifs is 1. The van der Waals surface area contributed by atoms with Gasteiger partial charge in [0.2, 0.25) is 0 Å². The number of aryl methyl sites for hydroxylation is 1. The van der Waals surface area contributed by atoms with Crippen molar-refractivity contribution in [1.82, 2.24) is 4.57 Å². The zero-order valence-electron chi connectivity index (χ0n) is 20.3. The number of rotatable bonds is 13. The number of hydrogen-bond acceptors (Lipinski definition) is 3. The second-order valence-electron chi connectivity index (χ2n) is 9.22. The number of benzene rings is 2. The molecule has 3 aromatic rings. The van der Waals surface area contributed by atoms with Crippen LogP contribution in [0.4, 0.5) is 0 Å². The fourth-order valence-corrected chi connectivity index (χ4v) is 4.71. The normalized spacial score (nSPS) is 14.7. The molecule has 1 aromatic heterocycles. The third-order valence-electron chi connectivity index (χ3n) is 6.61. The second-order valence-corrected chi connectivity index (χ2v) is 9.22. The van der Waals surface area contributed by atoms with Gasteiger partial charge in [0.25, 0.3) is 0 Å². The zero-order valence-corrected chi connectivity index (χ0v) is 20.3. The van der Waals surface area contributed by atoms with Crippen molar-refractivity contribution in [3.63, 3.8) is 0 Å². The Balaban J connectivity index is 1.39. The minimum absolute atomic E-state index is 0.398. The number of oxime groups is 1. The highest BCUT2D eigenvalue weighted by Crippen LogP contribution is 2.27. The van der Waals surface area contributed by atoms with E-state index in [1.165, 1.54) is 69.7 Å². The Morgan fingerprint density at radius 2 is 1.47 bits per heavy atom. The molecule has 34 heavy (non-hydrogen) atoms. The maximum atomic E-state index is 12.5. The van der Waals surface area contributed by atoms with Gasteiger partial charge < -0.3 is 9.40 Å². The topological polar surface area (TPSA) is 43.6 Å². The summed E-state index contributed by atoms with van der Waals surface area (Å²) in [4.78, 5) is 17.5. The van der Waals surface area contributed by atoms with Gasteiger partial charge >= 0.3 is 5.97 Å². The summed E-state index contributed by atoms with van der Waals surface area (Å²) in [5.74, 6) is -0.398. The molecule has 0 spiro atoms. The van der Waals surface area contributed by atoms with E-state index in [0.29, 0.717) is 11.3 Å². The van der Waals surface area contributed by atoms with Gasteiger partial charge in [0, 0.05) is 34.8 Å². The highest BCUT2D eigenvalue weighted by atomic mass is 16.7. The van der Waals surface area contributed by atoms with Crippen LogP contribution in [0.15, 0.2) is 71.5 Å². The first kappa shape index (κ1) is 24.0. The molecule has 0 aliphatic carbocycles. The van der Waals surface area contributed by atoms with E-state index in [-0.39, 0.29) is 0 Å². The van der Waals surface area contributed by atoms with Crippen molar-refractivity contribution in [1.29, 1.82) is 0 Å². The van der Waals surface area contributed by atoms with E-state index in [0.717, 1.165) is 23.1 Å². The Bertz CT molecular complexity index is 1140. The predicted octanol–water partition coefficient (Wildman–Crippen LogP) is 7.91. The Labute approximate surface area is 203 Å². The molecule has 4 heteroatoms. The largest absolute Gasteiger partial charge is 0.368 e. The summed E-state index contributed by atoms with van der Waals surface area (Å²) < 4.78 is 2.33. The standard InChI is InChI=1S/C30H36N2O2/c1-2-3-4-5-6-7-8-9-10-16-21-32-23-25(26-19-14-15-20-28(26)32)22-27-29(31-34-30(27)33)24-17-12-11-13-18-24/h11-15,17-20,22-23H,2-10,16,21H2,1H3. The molecule has 0 N–H and O–H groups in total. The van der Waals surface area contributed by atoms with Gasteiger partial charge in [0.1, 0.15) is 5.71 Å². The summed E-state index contributed by atoms with van der Waals surface area (Å²) in [5.41, 5.74) is 4.22. The lowest BCUT2D eigenvalue weighted by atomic mass is 10.0. The molecule has 1 aliphatic rings. The minimum Gasteiger partial charge on any atom is -0.347 e. The molecular formula is C30H36N2O2. The number of aromatic nitrogens is 1. The smallest absolute Gasteiger partial charge is 0.347 e. The van der Waals surface area contributed by atoms with E-state index >= 15 is 0 Å². The van der Waals surface area contributed by atoms with Crippen LogP contribution in [-0.4, -0.2) is 16.2 Å². The number of para-hydroxylation sites is 1. The lowest BCUT2D eigenvalue weighted by molar-refractivity contribution is -0.136. The second kappa shape index (κ2) is 12.4. The molecule has 0 saturated carbocycles. The Hall–Kier alpha value is -3.14. The summed E-state index contributed by atoms with van der Waals surface area (Å²) in [7, 11) is 0. The van der Waals surface area contributed by atoms with E-state index in [4.69, 9.17) is 4.84 Å². The maximum Gasteiger partial charge on any atom is 0.368 e. The summed E-state index contributed by atoms with van der Waals surface area (Å²) in [6.45, 7) is 3.26. The highest BCUT2D eigenvalue weighted by molar-refractivity contribution is 6.31. The van der Waals surface area contributed by atoms with Crippen LogP contribution in [0.5, 0.6) is 0 Å². The minimum atomic E-state index is -0.398. The van der Waals surface area contributed by atoms with Gasteiger partial charge in [0.15, 0.2) is 0 Å². The SMILES string of the molecule is CCCCCCCCCCCCn1cc(C=C2C(=O)ON=C2c2ccccc2)c2ccccc21. The third kappa shape index (κ3) is 6.05. The third-order valence-corrected chi connectivity index (χ3v) is 6.61. The van der Waals surface area contributed by atoms with E-state index in [2.05, 4.69) is 41.0 Å². The first-order valence-electron chi connectivity index (χ1n) is 12.9. The summed E-state index contributed by atoms with van der Waals surface area (Å²) >= 11 is 0. The highest BCUT2D eigenvalue weighted by Gasteiger charge is 2.27. The Morgan fingerprint density at radius 3 is 2.21 bits per heavy atom. The number of hydrogen-bond donors (Lipinski definition) is 0. The molecule has 178 valence electrons. The van der Waals surface area contributed by atoms with Gasteiger partial charge in [-0.3, -0.25) is 0 Å². The van der Waals surface area contributed by atoms with Gasteiger partial charge in [-0.25, -0.2) is 4.79 Å². The average molecular weight is 457 g/mol. The Kier molecular flexibility index (Phi) is 8.72. The quantitative estimate of drug-likeness (QED) is 0.149. The van der Waals surface area contributed by atoms with E-state index in [1.54, 1.807) is 0 Å². The van der Waals surface area contributed by atoms with Crippen LogP contribution in [0.25, 0.3) is 17.0 Å². The lowest BCUT2D eigenvalue weighted by Crippen LogP contribution is -2.06. The van der Waals surface area contributed by atoms with E-state index in [9.17, 15) is 4.79 Å². The fraction of sp³-hybridized carbons (Fsp3) is 0.400. The van der Waals surface area contributed by atoms with Crippen LogP contribution in [0.1, 0.15) is 82.3 Å². The molecule has 0 fully saturated rings. The monoisotopic (exact) mass is 456 g/mol. The maximum absolute atomic E-state index is 12.5. The first-order valence-corrected chi connectivity index (χ1v) is 12.9. The summed E-state index contributed by atoms with van der Waals surface area (Å²) in [6.07, 6.45) is 17.4. The van der Waals surface area contributed by atoms with Gasteiger partial charge in [-0.1, -0.05) is 118 Å². The number of unbranched alkanes of at least 4 members (excludes halogenated alkanes) is 9. The fourth-order valence-electron chi connectivity index (χ4n) is 4.71. The zero-order chi connectivity index (χ0) is 23.6. The molecule has 0 bridgehead atoms. The van der Waals surface area contributed by atoms with Gasteiger partial charge in [-0.05, 0) is 18.6 Å². The summed E-state index contributed by atoms with van der Waals surface area (Å²) in [6, 6.07) is 18.1. The molecule has 0 radical (unpaired) electrons. The van der Waals surface area contributed by atoms with Crippen molar-refractivity contribution in [2.24, 2.45) is 5.16 Å². The van der Waals surface area contributed by atoms with E-state index < -0.39 is 5.97 Å². The molecule has 0 atom stereocenters. The molecule has 0 saturated heterocycles. The number of carbonyl (C=O) groups excluding carboxylic acids is 1. The van der Waals surface area contributed by atoms with Crippen molar-refractivity contribution in [2.45, 2.75) is 77.7 Å². The summed E-state index contributed by atoms with van der Waals surface area (Å²) in [5, 5.41) is 5.20. The lowest BCUT2D eigenvalue weighted by Gasteiger charge is -2.05. The molecule has 2 heterocycles. The first-order chi connectivity index (χ1) is 16.8. The van der Waals surface area contributed by atoms with Crippen LogP contribution in [0.2, 0.25) is 0 Å². The molecule has 4 nitrogen and oxygen atoms in total. The van der Waals surface area contributed by atoms with Crippen molar-refractivity contribution >= 4 is 28.7 Å². The van der Waals surface area contributed by atoms with Crippen LogP contribution in [0.3, 0.4) is 0 Å². The van der Waals surface area contributed by atoms with Crippen LogP contribution < -0.4 is 0 Å². The van der Waals surface area contributed by atoms with Gasteiger partial charge in [-0.2, -0.15) is 0 Å². The molecule has 4 rings (SSSR count). The van der Waals surface area contributed by atoms with Gasteiger partial charge in [-0.15, -0.1) is 0 Å². The molecule has 0 unspecified atom stereocenters. The average Bonchev–Trinajstić information content (AvgIpc) is 3.41. The van der Waals surface area contributed by atoms with Crippen molar-refractivity contribution in [3.8, 4) is 0 Å². The number of carbonyl (C=O) groups is 1. The van der Waals surface area contributed by atoms with Crippen LogP contribution >= 0.6 is 0 Å². The Morgan fingerprint density at radius 1 is 0.824 bits per heavy atom. The van der Waals surface area contributed by atoms with Crippen LogP contribution in [0, 0.1) is 0 Å². The van der Waals surface area contributed by atoms with Crippen molar-refractivity contribution in [2.75, 3.05) is 0 Å².